The molecule has 0 aromatic rings. The van der Waals surface area contributed by atoms with Crippen molar-refractivity contribution in [2.45, 2.75) is 53.2 Å². The molecule has 0 aromatic carbocycles. The lowest BCUT2D eigenvalue weighted by atomic mass is 9.97. The Morgan fingerprint density at radius 1 is 1.35 bits per heavy atom. The largest absolute Gasteiger partial charge is 0.373 e. The first-order chi connectivity index (χ1) is 7.70. The summed E-state index contributed by atoms with van der Waals surface area (Å²) in [6.45, 7) is 16.6. The van der Waals surface area contributed by atoms with Crippen molar-refractivity contribution in [1.29, 1.82) is 0 Å². The minimum Gasteiger partial charge on any atom is -0.373 e. The molecule has 0 spiro atoms. The topological polar surface area (TPSA) is 38.3 Å². The minimum atomic E-state index is -0.373. The van der Waals surface area contributed by atoms with Crippen LogP contribution in [-0.4, -0.2) is 24.2 Å². The highest BCUT2D eigenvalue weighted by atomic mass is 16.5. The standard InChI is InChI=1S/C14H27NO2/c1-8-13(16)15-12(5)14(6,7)17-9-11(4)10(2)3/h8,10-12H,1,9H2,2-7H3,(H,15,16). The molecule has 2 atom stereocenters. The Morgan fingerprint density at radius 2 is 1.88 bits per heavy atom. The van der Waals surface area contributed by atoms with Gasteiger partial charge in [-0.3, -0.25) is 4.79 Å². The molecule has 0 heterocycles. The Kier molecular flexibility index (Phi) is 6.46. The summed E-state index contributed by atoms with van der Waals surface area (Å²) >= 11 is 0. The van der Waals surface area contributed by atoms with Crippen LogP contribution >= 0.6 is 0 Å². The van der Waals surface area contributed by atoms with Crippen LogP contribution in [0.5, 0.6) is 0 Å². The number of hydrogen-bond donors (Lipinski definition) is 1. The second-order valence-electron chi connectivity index (χ2n) is 5.57. The average Bonchev–Trinajstić information content (AvgIpc) is 2.25. The lowest BCUT2D eigenvalue weighted by molar-refractivity contribution is -0.120. The van der Waals surface area contributed by atoms with E-state index in [4.69, 9.17) is 4.74 Å². The normalized spacial score (nSPS) is 15.5. The van der Waals surface area contributed by atoms with Crippen molar-refractivity contribution in [2.75, 3.05) is 6.61 Å². The van der Waals surface area contributed by atoms with Crippen molar-refractivity contribution in [3.05, 3.63) is 12.7 Å². The van der Waals surface area contributed by atoms with Gasteiger partial charge in [0.25, 0.3) is 0 Å². The fraction of sp³-hybridized carbons (Fsp3) is 0.786. The highest BCUT2D eigenvalue weighted by Gasteiger charge is 2.28. The zero-order chi connectivity index (χ0) is 13.6. The maximum Gasteiger partial charge on any atom is 0.243 e. The molecule has 3 nitrogen and oxygen atoms in total. The third-order valence-corrected chi connectivity index (χ3v) is 3.44. The van der Waals surface area contributed by atoms with Gasteiger partial charge in [-0.05, 0) is 38.7 Å². The molecule has 0 fully saturated rings. The summed E-state index contributed by atoms with van der Waals surface area (Å²) in [6, 6.07) is -0.0487. The predicted molar refractivity (Wildman–Crippen MR) is 71.8 cm³/mol. The quantitative estimate of drug-likeness (QED) is 0.696. The van der Waals surface area contributed by atoms with E-state index in [1.165, 1.54) is 6.08 Å². The number of nitrogens with one attached hydrogen (secondary N) is 1. The number of carbonyl (C=O) groups is 1. The molecule has 0 rings (SSSR count). The molecule has 0 bridgehead atoms. The minimum absolute atomic E-state index is 0.0487. The molecule has 1 amide bonds. The summed E-state index contributed by atoms with van der Waals surface area (Å²) in [5.41, 5.74) is -0.373. The molecular weight excluding hydrogens is 214 g/mol. The molecule has 0 saturated heterocycles. The van der Waals surface area contributed by atoms with Gasteiger partial charge in [0.2, 0.25) is 5.91 Å². The summed E-state index contributed by atoms with van der Waals surface area (Å²) in [5.74, 6) is 0.950. The Labute approximate surface area is 106 Å². The van der Waals surface area contributed by atoms with E-state index < -0.39 is 0 Å². The zero-order valence-electron chi connectivity index (χ0n) is 12.0. The van der Waals surface area contributed by atoms with E-state index in [9.17, 15) is 4.79 Å². The maximum atomic E-state index is 11.2. The van der Waals surface area contributed by atoms with Crippen LogP contribution in [0.1, 0.15) is 41.5 Å². The second-order valence-corrected chi connectivity index (χ2v) is 5.57. The SMILES string of the molecule is C=CC(=O)NC(C)C(C)(C)OCC(C)C(C)C. The number of amides is 1. The number of hydrogen-bond acceptors (Lipinski definition) is 2. The van der Waals surface area contributed by atoms with Gasteiger partial charge in [0.15, 0.2) is 0 Å². The molecule has 0 aromatic heterocycles. The van der Waals surface area contributed by atoms with E-state index in [-0.39, 0.29) is 17.6 Å². The summed E-state index contributed by atoms with van der Waals surface area (Å²) in [7, 11) is 0. The Bertz CT molecular complexity index is 259. The predicted octanol–water partition coefficient (Wildman–Crippen LogP) is 2.76. The Balaban J connectivity index is 4.26. The molecule has 1 N–H and O–H groups in total. The molecule has 0 aliphatic rings. The summed E-state index contributed by atoms with van der Waals surface area (Å²) < 4.78 is 5.91. The summed E-state index contributed by atoms with van der Waals surface area (Å²) in [4.78, 5) is 11.2. The van der Waals surface area contributed by atoms with Gasteiger partial charge in [0.1, 0.15) is 0 Å². The maximum absolute atomic E-state index is 11.2. The van der Waals surface area contributed by atoms with Crippen LogP contribution in [0.2, 0.25) is 0 Å². The average molecular weight is 241 g/mol. The molecule has 0 radical (unpaired) electrons. The van der Waals surface area contributed by atoms with E-state index in [1.807, 2.05) is 20.8 Å². The van der Waals surface area contributed by atoms with Crippen LogP contribution in [-0.2, 0) is 9.53 Å². The van der Waals surface area contributed by atoms with Crippen molar-refractivity contribution < 1.29 is 9.53 Å². The van der Waals surface area contributed by atoms with E-state index in [2.05, 4.69) is 32.7 Å². The van der Waals surface area contributed by atoms with Gasteiger partial charge in [-0.1, -0.05) is 27.4 Å². The second kappa shape index (κ2) is 6.80. The van der Waals surface area contributed by atoms with E-state index >= 15 is 0 Å². The summed E-state index contributed by atoms with van der Waals surface area (Å²) in [6.07, 6.45) is 1.28. The van der Waals surface area contributed by atoms with Crippen molar-refractivity contribution in [1.82, 2.24) is 5.32 Å². The number of ether oxygens (including phenoxy) is 1. The van der Waals surface area contributed by atoms with Crippen molar-refractivity contribution in [3.63, 3.8) is 0 Å². The Morgan fingerprint density at radius 3 is 2.29 bits per heavy atom. The molecule has 100 valence electrons. The van der Waals surface area contributed by atoms with Gasteiger partial charge < -0.3 is 10.1 Å². The van der Waals surface area contributed by atoms with Gasteiger partial charge in [-0.25, -0.2) is 0 Å². The van der Waals surface area contributed by atoms with Crippen LogP contribution < -0.4 is 5.32 Å². The molecule has 0 aliphatic carbocycles. The highest BCUT2D eigenvalue weighted by molar-refractivity contribution is 5.87. The van der Waals surface area contributed by atoms with Crippen LogP contribution in [0.15, 0.2) is 12.7 Å². The van der Waals surface area contributed by atoms with Crippen LogP contribution in [0.3, 0.4) is 0 Å². The van der Waals surface area contributed by atoms with Crippen molar-refractivity contribution >= 4 is 5.91 Å². The van der Waals surface area contributed by atoms with Gasteiger partial charge in [0, 0.05) is 0 Å². The third kappa shape index (κ3) is 5.87. The molecule has 2 unspecified atom stereocenters. The van der Waals surface area contributed by atoms with Gasteiger partial charge >= 0.3 is 0 Å². The zero-order valence-corrected chi connectivity index (χ0v) is 12.0. The third-order valence-electron chi connectivity index (χ3n) is 3.44. The van der Waals surface area contributed by atoms with Gasteiger partial charge in [-0.15, -0.1) is 0 Å². The van der Waals surface area contributed by atoms with Crippen LogP contribution in [0, 0.1) is 11.8 Å². The van der Waals surface area contributed by atoms with E-state index in [0.29, 0.717) is 18.4 Å². The van der Waals surface area contributed by atoms with E-state index in [1.54, 1.807) is 0 Å². The van der Waals surface area contributed by atoms with Crippen molar-refractivity contribution in [2.24, 2.45) is 11.8 Å². The first-order valence-corrected chi connectivity index (χ1v) is 6.27. The molecule has 0 saturated carbocycles. The lowest BCUT2D eigenvalue weighted by Gasteiger charge is -2.34. The van der Waals surface area contributed by atoms with E-state index in [0.717, 1.165) is 0 Å². The molecule has 0 aliphatic heterocycles. The van der Waals surface area contributed by atoms with Crippen LogP contribution in [0.4, 0.5) is 0 Å². The van der Waals surface area contributed by atoms with Gasteiger partial charge in [0.05, 0.1) is 18.2 Å². The van der Waals surface area contributed by atoms with Gasteiger partial charge in [-0.2, -0.15) is 0 Å². The number of rotatable bonds is 7. The number of carbonyl (C=O) groups excluding carboxylic acids is 1. The fourth-order valence-electron chi connectivity index (χ4n) is 1.11. The lowest BCUT2D eigenvalue weighted by Crippen LogP contribution is -2.49. The highest BCUT2D eigenvalue weighted by Crippen LogP contribution is 2.19. The first kappa shape index (κ1) is 16.2. The summed E-state index contributed by atoms with van der Waals surface area (Å²) in [5, 5.41) is 2.84. The molecule has 17 heavy (non-hydrogen) atoms. The first-order valence-electron chi connectivity index (χ1n) is 6.27. The van der Waals surface area contributed by atoms with Crippen molar-refractivity contribution in [3.8, 4) is 0 Å². The smallest absolute Gasteiger partial charge is 0.243 e. The monoisotopic (exact) mass is 241 g/mol. The Hall–Kier alpha value is -0.830. The fourth-order valence-corrected chi connectivity index (χ4v) is 1.11. The molecular formula is C14H27NO2. The molecule has 3 heteroatoms. The van der Waals surface area contributed by atoms with Crippen LogP contribution in [0.25, 0.3) is 0 Å².